The van der Waals surface area contributed by atoms with E-state index in [0.29, 0.717) is 5.02 Å². The molecule has 1 aromatic carbocycles. The van der Waals surface area contributed by atoms with Crippen molar-refractivity contribution in [2.45, 2.75) is 25.7 Å². The van der Waals surface area contributed by atoms with Gasteiger partial charge in [0, 0.05) is 4.47 Å². The lowest BCUT2D eigenvalue weighted by atomic mass is 10.2. The minimum Gasteiger partial charge on any atom is -0.492 e. The smallest absolute Gasteiger partial charge is 0.137 e. The number of halogens is 2. The second-order valence-corrected chi connectivity index (χ2v) is 5.26. The minimum atomic E-state index is 0.662. The van der Waals surface area contributed by atoms with Crippen LogP contribution in [0, 0.1) is 0 Å². The van der Waals surface area contributed by atoms with Gasteiger partial charge >= 0.3 is 0 Å². The van der Waals surface area contributed by atoms with Gasteiger partial charge in [0.05, 0.1) is 11.6 Å². The molecular weight excluding hydrogens is 302 g/mol. The van der Waals surface area contributed by atoms with Gasteiger partial charge < -0.3 is 10.1 Å². The number of hydrogen-bond donors (Lipinski definition) is 1. The predicted molar refractivity (Wildman–Crippen MR) is 77.0 cm³/mol. The maximum absolute atomic E-state index is 6.05. The third kappa shape index (κ3) is 6.29. The van der Waals surface area contributed by atoms with Crippen molar-refractivity contribution >= 4 is 27.5 Å². The Bertz CT molecular complexity index is 333. The average molecular weight is 321 g/mol. The molecule has 0 saturated carbocycles. The minimum absolute atomic E-state index is 0.662. The van der Waals surface area contributed by atoms with Crippen molar-refractivity contribution < 1.29 is 4.74 Å². The molecule has 0 atom stereocenters. The molecule has 0 radical (unpaired) electrons. The molecule has 0 aliphatic heterocycles. The monoisotopic (exact) mass is 319 g/mol. The zero-order valence-electron chi connectivity index (χ0n) is 10.1. The molecule has 1 aromatic rings. The van der Waals surface area contributed by atoms with Crippen molar-refractivity contribution in [3.8, 4) is 5.75 Å². The van der Waals surface area contributed by atoms with Crippen LogP contribution in [0.3, 0.4) is 0 Å². The third-order valence-electron chi connectivity index (χ3n) is 2.47. The standard InChI is InChI=1S/C13H19BrClNO/c1-16-8-4-2-3-5-9-17-13-7-6-11(14)10-12(13)15/h6-7,10,16H,2-5,8-9H2,1H3. The molecule has 0 saturated heterocycles. The molecule has 0 amide bonds. The van der Waals surface area contributed by atoms with E-state index in [1.807, 2.05) is 25.2 Å². The molecule has 0 fully saturated rings. The summed E-state index contributed by atoms with van der Waals surface area (Å²) in [7, 11) is 1.98. The van der Waals surface area contributed by atoms with E-state index in [4.69, 9.17) is 16.3 Å². The summed E-state index contributed by atoms with van der Waals surface area (Å²) in [5.41, 5.74) is 0. The molecule has 1 N–H and O–H groups in total. The van der Waals surface area contributed by atoms with E-state index in [2.05, 4.69) is 21.2 Å². The van der Waals surface area contributed by atoms with Crippen LogP contribution in [-0.4, -0.2) is 20.2 Å². The van der Waals surface area contributed by atoms with Crippen LogP contribution in [0.25, 0.3) is 0 Å². The summed E-state index contributed by atoms with van der Waals surface area (Å²) >= 11 is 9.42. The molecule has 0 unspecified atom stereocenters. The van der Waals surface area contributed by atoms with E-state index >= 15 is 0 Å². The van der Waals surface area contributed by atoms with Crippen LogP contribution in [0.2, 0.25) is 5.02 Å². The fraction of sp³-hybridized carbons (Fsp3) is 0.538. The molecule has 0 heterocycles. The zero-order valence-corrected chi connectivity index (χ0v) is 12.5. The second kappa shape index (κ2) is 8.78. The molecule has 96 valence electrons. The lowest BCUT2D eigenvalue weighted by molar-refractivity contribution is 0.304. The highest BCUT2D eigenvalue weighted by atomic mass is 79.9. The maximum Gasteiger partial charge on any atom is 0.137 e. The Morgan fingerprint density at radius 2 is 2.00 bits per heavy atom. The van der Waals surface area contributed by atoms with E-state index in [9.17, 15) is 0 Å². The number of benzene rings is 1. The summed E-state index contributed by atoms with van der Waals surface area (Å²) in [5, 5.41) is 3.81. The van der Waals surface area contributed by atoms with Gasteiger partial charge in [0.2, 0.25) is 0 Å². The average Bonchev–Trinajstić information content (AvgIpc) is 2.30. The predicted octanol–water partition coefficient (Wildman–Crippen LogP) is 4.26. The molecule has 0 aromatic heterocycles. The quantitative estimate of drug-likeness (QED) is 0.723. The summed E-state index contributed by atoms with van der Waals surface area (Å²) in [6.45, 7) is 1.83. The Labute approximate surface area is 117 Å². The number of hydrogen-bond acceptors (Lipinski definition) is 2. The molecule has 17 heavy (non-hydrogen) atoms. The lowest BCUT2D eigenvalue weighted by Gasteiger charge is -2.08. The molecule has 4 heteroatoms. The Hall–Kier alpha value is -0.250. The number of unbranched alkanes of at least 4 members (excludes halogenated alkanes) is 3. The first-order chi connectivity index (χ1) is 8.24. The van der Waals surface area contributed by atoms with E-state index in [0.717, 1.165) is 29.8 Å². The molecule has 0 spiro atoms. The normalized spacial score (nSPS) is 10.5. The molecule has 0 aliphatic carbocycles. The molecular formula is C13H19BrClNO. The summed E-state index contributed by atoms with van der Waals surface area (Å²) < 4.78 is 6.60. The molecule has 1 rings (SSSR count). The fourth-order valence-corrected chi connectivity index (χ4v) is 2.26. The number of ether oxygens (including phenoxy) is 1. The Morgan fingerprint density at radius 1 is 1.24 bits per heavy atom. The van der Waals surface area contributed by atoms with Gasteiger partial charge in [-0.05, 0) is 44.6 Å². The lowest BCUT2D eigenvalue weighted by Crippen LogP contribution is -2.07. The first kappa shape index (κ1) is 14.8. The van der Waals surface area contributed by atoms with Gasteiger partial charge in [-0.25, -0.2) is 0 Å². The first-order valence-electron chi connectivity index (χ1n) is 5.96. The molecule has 2 nitrogen and oxygen atoms in total. The van der Waals surface area contributed by atoms with Crippen LogP contribution in [0.4, 0.5) is 0 Å². The number of nitrogens with one attached hydrogen (secondary N) is 1. The van der Waals surface area contributed by atoms with Gasteiger partial charge in [0.25, 0.3) is 0 Å². The van der Waals surface area contributed by atoms with Crippen molar-refractivity contribution in [3.63, 3.8) is 0 Å². The second-order valence-electron chi connectivity index (χ2n) is 3.94. The highest BCUT2D eigenvalue weighted by molar-refractivity contribution is 9.10. The van der Waals surface area contributed by atoms with Crippen LogP contribution in [0.5, 0.6) is 5.75 Å². The topological polar surface area (TPSA) is 21.3 Å². The van der Waals surface area contributed by atoms with Gasteiger partial charge in [0.15, 0.2) is 0 Å². The number of rotatable bonds is 8. The fourth-order valence-electron chi connectivity index (χ4n) is 1.53. The van der Waals surface area contributed by atoms with Gasteiger partial charge in [-0.15, -0.1) is 0 Å². The van der Waals surface area contributed by atoms with Crippen molar-refractivity contribution in [3.05, 3.63) is 27.7 Å². The first-order valence-corrected chi connectivity index (χ1v) is 7.13. The molecule has 0 bridgehead atoms. The highest BCUT2D eigenvalue weighted by Crippen LogP contribution is 2.27. The van der Waals surface area contributed by atoms with Crippen LogP contribution >= 0.6 is 27.5 Å². The largest absolute Gasteiger partial charge is 0.492 e. The van der Waals surface area contributed by atoms with Gasteiger partial charge in [0.1, 0.15) is 5.75 Å². The third-order valence-corrected chi connectivity index (χ3v) is 3.26. The Kier molecular flexibility index (Phi) is 7.65. The summed E-state index contributed by atoms with van der Waals surface area (Å²) in [5.74, 6) is 0.769. The van der Waals surface area contributed by atoms with Crippen molar-refractivity contribution in [1.29, 1.82) is 0 Å². The van der Waals surface area contributed by atoms with Gasteiger partial charge in [-0.3, -0.25) is 0 Å². The van der Waals surface area contributed by atoms with E-state index in [-0.39, 0.29) is 0 Å². The summed E-state index contributed by atoms with van der Waals surface area (Å²) in [6, 6.07) is 5.69. The maximum atomic E-state index is 6.05. The summed E-state index contributed by atoms with van der Waals surface area (Å²) in [6.07, 6.45) is 4.76. The van der Waals surface area contributed by atoms with Gasteiger partial charge in [-0.1, -0.05) is 40.4 Å². The van der Waals surface area contributed by atoms with Crippen molar-refractivity contribution in [1.82, 2.24) is 5.32 Å². The van der Waals surface area contributed by atoms with E-state index in [1.165, 1.54) is 19.3 Å². The van der Waals surface area contributed by atoms with Crippen LogP contribution in [0.1, 0.15) is 25.7 Å². The molecule has 0 aliphatic rings. The zero-order chi connectivity index (χ0) is 12.5. The van der Waals surface area contributed by atoms with Gasteiger partial charge in [-0.2, -0.15) is 0 Å². The van der Waals surface area contributed by atoms with Crippen LogP contribution in [-0.2, 0) is 0 Å². The van der Waals surface area contributed by atoms with Crippen LogP contribution in [0.15, 0.2) is 22.7 Å². The van der Waals surface area contributed by atoms with Crippen LogP contribution < -0.4 is 10.1 Å². The van der Waals surface area contributed by atoms with E-state index < -0.39 is 0 Å². The summed E-state index contributed by atoms with van der Waals surface area (Å²) in [4.78, 5) is 0. The highest BCUT2D eigenvalue weighted by Gasteiger charge is 2.01. The van der Waals surface area contributed by atoms with Crippen molar-refractivity contribution in [2.75, 3.05) is 20.2 Å². The van der Waals surface area contributed by atoms with E-state index in [1.54, 1.807) is 0 Å². The Morgan fingerprint density at radius 3 is 2.71 bits per heavy atom. The SMILES string of the molecule is CNCCCCCCOc1ccc(Br)cc1Cl. The Balaban J connectivity index is 2.14. The van der Waals surface area contributed by atoms with Crippen molar-refractivity contribution in [2.24, 2.45) is 0 Å².